The highest BCUT2D eigenvalue weighted by molar-refractivity contribution is 9.10. The second kappa shape index (κ2) is 8.55. The summed E-state index contributed by atoms with van der Waals surface area (Å²) in [5.41, 5.74) is 1.66. The fourth-order valence-electron chi connectivity index (χ4n) is 3.72. The molecule has 4 rings (SSSR count). The summed E-state index contributed by atoms with van der Waals surface area (Å²) in [7, 11) is 1.59. The van der Waals surface area contributed by atoms with E-state index < -0.39 is 5.92 Å². The summed E-state index contributed by atoms with van der Waals surface area (Å²) in [6, 6.07) is 10.7. The molecule has 2 aromatic carbocycles. The summed E-state index contributed by atoms with van der Waals surface area (Å²) >= 11 is 3.55. The van der Waals surface area contributed by atoms with E-state index in [2.05, 4.69) is 21.2 Å². The molecule has 0 aromatic heterocycles. The van der Waals surface area contributed by atoms with Crippen molar-refractivity contribution in [2.24, 2.45) is 5.92 Å². The van der Waals surface area contributed by atoms with E-state index in [1.165, 1.54) is 0 Å². The Labute approximate surface area is 183 Å². The number of carbonyl (C=O) groups is 2. The second-order valence-corrected chi connectivity index (χ2v) is 8.21. The summed E-state index contributed by atoms with van der Waals surface area (Å²) in [6.07, 6.45) is 0.187. The van der Waals surface area contributed by atoms with Crippen molar-refractivity contribution in [3.05, 3.63) is 46.4 Å². The fraction of sp³-hybridized carbons (Fsp3) is 0.364. The zero-order chi connectivity index (χ0) is 21.3. The first kappa shape index (κ1) is 20.5. The van der Waals surface area contributed by atoms with Gasteiger partial charge in [0.25, 0.3) is 0 Å². The van der Waals surface area contributed by atoms with Gasteiger partial charge in [0, 0.05) is 23.1 Å². The van der Waals surface area contributed by atoms with Crippen LogP contribution in [0.2, 0.25) is 0 Å². The minimum absolute atomic E-state index is 0.0616. The monoisotopic (exact) mass is 474 g/mol. The average Bonchev–Trinajstić information content (AvgIpc) is 3.15. The molecule has 0 bridgehead atoms. The van der Waals surface area contributed by atoms with Gasteiger partial charge < -0.3 is 24.4 Å². The Bertz CT molecular complexity index is 963. The van der Waals surface area contributed by atoms with Crippen molar-refractivity contribution < 1.29 is 23.8 Å². The summed E-state index contributed by atoms with van der Waals surface area (Å²) in [4.78, 5) is 27.0. The number of carbonyl (C=O) groups excluding carboxylic acids is 2. The topological polar surface area (TPSA) is 77.1 Å². The maximum absolute atomic E-state index is 12.9. The maximum Gasteiger partial charge on any atom is 0.227 e. The molecule has 0 saturated carbocycles. The van der Waals surface area contributed by atoms with Crippen molar-refractivity contribution in [2.75, 3.05) is 31.8 Å². The quantitative estimate of drug-likeness (QED) is 0.717. The number of rotatable bonds is 5. The highest BCUT2D eigenvalue weighted by Crippen LogP contribution is 2.38. The second-order valence-electron chi connectivity index (χ2n) is 7.35. The van der Waals surface area contributed by atoms with E-state index >= 15 is 0 Å². The van der Waals surface area contributed by atoms with Gasteiger partial charge in [0.05, 0.1) is 19.1 Å². The number of methoxy groups -OCH3 is 1. The van der Waals surface area contributed by atoms with Crippen LogP contribution in [-0.2, 0) is 9.59 Å². The molecule has 2 amide bonds. The van der Waals surface area contributed by atoms with Crippen molar-refractivity contribution in [3.63, 3.8) is 0 Å². The van der Waals surface area contributed by atoms with Crippen molar-refractivity contribution in [2.45, 2.75) is 19.4 Å². The molecule has 2 heterocycles. The Kier molecular flexibility index (Phi) is 5.85. The lowest BCUT2D eigenvalue weighted by Crippen LogP contribution is -2.34. The molecule has 0 aliphatic carbocycles. The number of fused-ring (bicyclic) bond motifs is 1. The maximum atomic E-state index is 12.9. The lowest BCUT2D eigenvalue weighted by Gasteiger charge is -2.23. The third-order valence-corrected chi connectivity index (χ3v) is 6.05. The van der Waals surface area contributed by atoms with Crippen LogP contribution in [0.5, 0.6) is 17.2 Å². The fourth-order valence-corrected chi connectivity index (χ4v) is 4.38. The van der Waals surface area contributed by atoms with Crippen LogP contribution in [0.3, 0.4) is 0 Å². The first-order valence-corrected chi connectivity index (χ1v) is 10.6. The molecule has 1 N–H and O–H groups in total. The van der Waals surface area contributed by atoms with Crippen LogP contribution in [0.1, 0.15) is 24.9 Å². The van der Waals surface area contributed by atoms with Gasteiger partial charge in [0.15, 0.2) is 11.5 Å². The number of nitrogens with one attached hydrogen (secondary N) is 1. The van der Waals surface area contributed by atoms with Crippen LogP contribution in [0.25, 0.3) is 0 Å². The number of benzene rings is 2. The first-order valence-electron chi connectivity index (χ1n) is 9.80. The molecule has 0 radical (unpaired) electrons. The number of nitrogens with zero attached hydrogens (tertiary/aromatic N) is 1. The highest BCUT2D eigenvalue weighted by atomic mass is 79.9. The molecule has 8 heteroatoms. The van der Waals surface area contributed by atoms with Crippen LogP contribution < -0.4 is 24.4 Å². The number of halogens is 1. The van der Waals surface area contributed by atoms with Gasteiger partial charge in [-0.3, -0.25) is 9.59 Å². The molecular weight excluding hydrogens is 452 g/mol. The minimum Gasteiger partial charge on any atom is -0.497 e. The van der Waals surface area contributed by atoms with Crippen molar-refractivity contribution >= 4 is 33.4 Å². The third kappa shape index (κ3) is 4.09. The molecule has 2 aromatic rings. The highest BCUT2D eigenvalue weighted by Gasteiger charge is 2.35. The number of hydrogen-bond acceptors (Lipinski definition) is 5. The van der Waals surface area contributed by atoms with Gasteiger partial charge in [-0.1, -0.05) is 15.9 Å². The average molecular weight is 475 g/mol. The van der Waals surface area contributed by atoms with Crippen LogP contribution in [0.15, 0.2) is 40.9 Å². The predicted molar refractivity (Wildman–Crippen MR) is 115 cm³/mol. The lowest BCUT2D eigenvalue weighted by molar-refractivity contribution is -0.126. The van der Waals surface area contributed by atoms with Gasteiger partial charge in [0.1, 0.15) is 19.0 Å². The van der Waals surface area contributed by atoms with Crippen LogP contribution in [0.4, 0.5) is 5.69 Å². The first-order chi connectivity index (χ1) is 14.5. The number of ether oxygens (including phenoxy) is 3. The molecule has 0 spiro atoms. The van der Waals surface area contributed by atoms with E-state index in [0.29, 0.717) is 31.3 Å². The Morgan fingerprint density at radius 3 is 2.53 bits per heavy atom. The van der Waals surface area contributed by atoms with Crippen LogP contribution >= 0.6 is 15.9 Å². The van der Waals surface area contributed by atoms with E-state index in [4.69, 9.17) is 14.2 Å². The van der Waals surface area contributed by atoms with Gasteiger partial charge in [-0.2, -0.15) is 0 Å². The summed E-state index contributed by atoms with van der Waals surface area (Å²) in [6.45, 7) is 3.28. The Balaban J connectivity index is 1.43. The smallest absolute Gasteiger partial charge is 0.227 e. The zero-order valence-electron chi connectivity index (χ0n) is 16.8. The van der Waals surface area contributed by atoms with Gasteiger partial charge >= 0.3 is 0 Å². The van der Waals surface area contributed by atoms with Crippen molar-refractivity contribution in [1.82, 2.24) is 5.32 Å². The number of anilines is 1. The molecule has 1 fully saturated rings. The van der Waals surface area contributed by atoms with E-state index in [1.807, 2.05) is 31.2 Å². The zero-order valence-corrected chi connectivity index (χ0v) is 18.4. The van der Waals surface area contributed by atoms with Gasteiger partial charge in [0.2, 0.25) is 11.8 Å². The van der Waals surface area contributed by atoms with E-state index in [-0.39, 0.29) is 24.3 Å². The number of amides is 2. The third-order valence-electron chi connectivity index (χ3n) is 5.37. The minimum atomic E-state index is -0.405. The van der Waals surface area contributed by atoms with Crippen molar-refractivity contribution in [1.29, 1.82) is 0 Å². The number of hydrogen-bond donors (Lipinski definition) is 1. The Hall–Kier alpha value is -2.74. The predicted octanol–water partition coefficient (Wildman–Crippen LogP) is 3.46. The Morgan fingerprint density at radius 2 is 1.87 bits per heavy atom. The standard InChI is InChI=1S/C22H23BrN2O5/c1-13(17-10-19-20(11-18(17)23)30-8-7-29-19)24-22(27)14-9-21(26)25(12-14)15-3-5-16(28-2)6-4-15/h3-6,10-11,13-14H,7-9,12H2,1-2H3,(H,24,27). The SMILES string of the molecule is COc1ccc(N2CC(C(=O)NC(C)c3cc4c(cc3Br)OCCO4)CC2=O)cc1. The molecular formula is C22H23BrN2O5. The molecule has 158 valence electrons. The molecule has 7 nitrogen and oxygen atoms in total. The molecule has 2 aliphatic heterocycles. The van der Waals surface area contributed by atoms with Gasteiger partial charge in [-0.15, -0.1) is 0 Å². The van der Waals surface area contributed by atoms with Gasteiger partial charge in [-0.05, 0) is 48.9 Å². The Morgan fingerprint density at radius 1 is 1.20 bits per heavy atom. The molecule has 2 aliphatic rings. The van der Waals surface area contributed by atoms with Crippen LogP contribution in [0, 0.1) is 5.92 Å². The summed E-state index contributed by atoms with van der Waals surface area (Å²) in [5, 5.41) is 3.03. The lowest BCUT2D eigenvalue weighted by atomic mass is 10.0. The molecule has 2 unspecified atom stereocenters. The summed E-state index contributed by atoms with van der Waals surface area (Å²) in [5.74, 6) is 1.47. The molecule has 30 heavy (non-hydrogen) atoms. The van der Waals surface area contributed by atoms with Crippen LogP contribution in [-0.4, -0.2) is 38.7 Å². The van der Waals surface area contributed by atoms with E-state index in [9.17, 15) is 9.59 Å². The normalized spacial score (nSPS) is 18.8. The largest absolute Gasteiger partial charge is 0.497 e. The van der Waals surface area contributed by atoms with E-state index in [0.717, 1.165) is 21.5 Å². The van der Waals surface area contributed by atoms with E-state index in [1.54, 1.807) is 24.1 Å². The molecule has 1 saturated heterocycles. The van der Waals surface area contributed by atoms with Gasteiger partial charge in [-0.25, -0.2) is 0 Å². The molecule has 2 atom stereocenters. The summed E-state index contributed by atoms with van der Waals surface area (Å²) < 4.78 is 17.2. The van der Waals surface area contributed by atoms with Crippen molar-refractivity contribution in [3.8, 4) is 17.2 Å².